The molecule has 0 bridgehead atoms. The first-order valence-electron chi connectivity index (χ1n) is 15.8. The molecule has 0 unspecified atom stereocenters. The van der Waals surface area contributed by atoms with E-state index in [9.17, 15) is 18.0 Å². The number of benzene rings is 4. The molecule has 1 fully saturated rings. The van der Waals surface area contributed by atoms with Crippen LogP contribution in [0.15, 0.2) is 102 Å². The van der Waals surface area contributed by atoms with Crippen LogP contribution >= 0.6 is 23.2 Å². The van der Waals surface area contributed by atoms with Crippen LogP contribution in [0, 0.1) is 13.8 Å². The maximum absolute atomic E-state index is 14.8. The zero-order valence-corrected chi connectivity index (χ0v) is 28.9. The fourth-order valence-electron chi connectivity index (χ4n) is 6.01. The van der Waals surface area contributed by atoms with Gasteiger partial charge in [0.2, 0.25) is 11.8 Å². The van der Waals surface area contributed by atoms with Crippen molar-refractivity contribution in [1.82, 2.24) is 10.2 Å². The number of nitrogens with one attached hydrogen (secondary N) is 1. The number of aryl methyl sites for hydroxylation is 1. The fraction of sp³-hybridized carbons (Fsp3) is 0.297. The summed E-state index contributed by atoms with van der Waals surface area (Å²) >= 11 is 13.2. The van der Waals surface area contributed by atoms with E-state index < -0.39 is 28.5 Å². The second-order valence-electron chi connectivity index (χ2n) is 12.0. The van der Waals surface area contributed by atoms with Crippen LogP contribution in [-0.4, -0.2) is 43.8 Å². The molecule has 10 heteroatoms. The maximum Gasteiger partial charge on any atom is 0.264 e. The minimum absolute atomic E-state index is 0.00604. The van der Waals surface area contributed by atoms with E-state index in [4.69, 9.17) is 23.2 Å². The number of hydrogen-bond acceptors (Lipinski definition) is 4. The Labute approximate surface area is 287 Å². The standard InChI is InChI=1S/C37H39Cl2N3O4S/c1-26-13-11-22-34(27(26)2)42(47(45,46)30-18-7-4-8-19-30)25-36(43)41(24-31-32(38)20-12-21-33(31)39)35(23-28-14-5-3-6-15-28)37(44)40-29-16-9-10-17-29/h3-8,11-15,18-22,29,35H,9-10,16-17,23-25H2,1-2H3,(H,40,44)/t35-/m1/s1. The third-order valence-electron chi connectivity index (χ3n) is 8.82. The van der Waals surface area contributed by atoms with E-state index in [0.29, 0.717) is 21.3 Å². The number of nitrogens with zero attached hydrogens (tertiary/aromatic N) is 2. The fourth-order valence-corrected chi connectivity index (χ4v) is 8.02. The zero-order chi connectivity index (χ0) is 33.6. The number of rotatable bonds is 12. The van der Waals surface area contributed by atoms with Gasteiger partial charge >= 0.3 is 0 Å². The lowest BCUT2D eigenvalue weighted by molar-refractivity contribution is -0.140. The largest absolute Gasteiger partial charge is 0.352 e. The lowest BCUT2D eigenvalue weighted by atomic mass is 10.0. The normalized spacial score (nSPS) is 14.0. The van der Waals surface area contributed by atoms with E-state index in [2.05, 4.69) is 5.32 Å². The zero-order valence-electron chi connectivity index (χ0n) is 26.5. The second kappa shape index (κ2) is 15.4. The highest BCUT2D eigenvalue weighted by atomic mass is 35.5. The number of amides is 2. The topological polar surface area (TPSA) is 86.8 Å². The minimum atomic E-state index is -4.20. The van der Waals surface area contributed by atoms with Crippen molar-refractivity contribution in [1.29, 1.82) is 0 Å². The summed E-state index contributed by atoms with van der Waals surface area (Å²) in [5, 5.41) is 3.86. The van der Waals surface area contributed by atoms with Crippen molar-refractivity contribution in [3.8, 4) is 0 Å². The van der Waals surface area contributed by atoms with Crippen molar-refractivity contribution >= 4 is 50.7 Å². The van der Waals surface area contributed by atoms with Crippen molar-refractivity contribution in [2.24, 2.45) is 0 Å². The average molecular weight is 693 g/mol. The molecule has 47 heavy (non-hydrogen) atoms. The first-order chi connectivity index (χ1) is 22.6. The molecule has 2 amide bonds. The van der Waals surface area contributed by atoms with Gasteiger partial charge in [-0.3, -0.25) is 13.9 Å². The summed E-state index contributed by atoms with van der Waals surface area (Å²) in [5.41, 5.74) is 3.31. The Morgan fingerprint density at radius 1 is 0.830 bits per heavy atom. The molecule has 1 aliphatic rings. The van der Waals surface area contributed by atoms with Gasteiger partial charge < -0.3 is 10.2 Å². The number of carbonyl (C=O) groups excluding carboxylic acids is 2. The van der Waals surface area contributed by atoms with Crippen LogP contribution in [0.1, 0.15) is 47.9 Å². The molecule has 0 spiro atoms. The molecule has 0 saturated heterocycles. The highest BCUT2D eigenvalue weighted by Gasteiger charge is 2.36. The third-order valence-corrected chi connectivity index (χ3v) is 11.3. The smallest absolute Gasteiger partial charge is 0.264 e. The van der Waals surface area contributed by atoms with Gasteiger partial charge in [0.25, 0.3) is 10.0 Å². The van der Waals surface area contributed by atoms with Crippen LogP contribution in [0.25, 0.3) is 0 Å². The first kappa shape index (κ1) is 34.5. The van der Waals surface area contributed by atoms with Crippen LogP contribution < -0.4 is 9.62 Å². The molecule has 0 aromatic heterocycles. The van der Waals surface area contributed by atoms with Crippen molar-refractivity contribution < 1.29 is 18.0 Å². The Morgan fingerprint density at radius 2 is 1.43 bits per heavy atom. The molecule has 4 aromatic carbocycles. The molecule has 7 nitrogen and oxygen atoms in total. The quantitative estimate of drug-likeness (QED) is 0.167. The van der Waals surface area contributed by atoms with Gasteiger partial charge in [0.1, 0.15) is 12.6 Å². The monoisotopic (exact) mass is 691 g/mol. The highest BCUT2D eigenvalue weighted by Crippen LogP contribution is 2.31. The van der Waals surface area contributed by atoms with Crippen LogP contribution in [0.4, 0.5) is 5.69 Å². The summed E-state index contributed by atoms with van der Waals surface area (Å²) in [6, 6.07) is 27.0. The van der Waals surface area contributed by atoms with Gasteiger partial charge in [0.15, 0.2) is 0 Å². The molecular weight excluding hydrogens is 653 g/mol. The van der Waals surface area contributed by atoms with E-state index in [1.165, 1.54) is 17.0 Å². The molecule has 0 radical (unpaired) electrons. The molecule has 1 aliphatic carbocycles. The predicted molar refractivity (Wildman–Crippen MR) is 188 cm³/mol. The van der Waals surface area contributed by atoms with Crippen molar-refractivity contribution in [2.75, 3.05) is 10.8 Å². The Balaban J connectivity index is 1.61. The summed E-state index contributed by atoms with van der Waals surface area (Å²) in [6.45, 7) is 3.07. The van der Waals surface area contributed by atoms with Gasteiger partial charge in [0.05, 0.1) is 10.6 Å². The molecule has 1 saturated carbocycles. The molecule has 0 heterocycles. The van der Waals surface area contributed by atoms with Crippen molar-refractivity contribution in [3.05, 3.63) is 129 Å². The molecule has 0 aliphatic heterocycles. The van der Waals surface area contributed by atoms with E-state index in [1.807, 2.05) is 50.2 Å². The molecule has 1 atom stereocenters. The van der Waals surface area contributed by atoms with E-state index >= 15 is 0 Å². The first-order valence-corrected chi connectivity index (χ1v) is 18.0. The molecule has 246 valence electrons. The maximum atomic E-state index is 14.8. The Hall–Kier alpha value is -3.85. The third kappa shape index (κ3) is 8.18. The van der Waals surface area contributed by atoms with Crippen LogP contribution in [-0.2, 0) is 32.6 Å². The number of sulfonamides is 1. The van der Waals surface area contributed by atoms with E-state index in [-0.39, 0.29) is 29.8 Å². The lowest BCUT2D eigenvalue weighted by Crippen LogP contribution is -2.54. The lowest BCUT2D eigenvalue weighted by Gasteiger charge is -2.35. The van der Waals surface area contributed by atoms with Gasteiger partial charge in [-0.1, -0.05) is 103 Å². The van der Waals surface area contributed by atoms with E-state index in [1.54, 1.807) is 48.5 Å². The Morgan fingerprint density at radius 3 is 2.06 bits per heavy atom. The molecule has 1 N–H and O–H groups in total. The Kier molecular flexibility index (Phi) is 11.3. The summed E-state index contributed by atoms with van der Waals surface area (Å²) in [6.07, 6.45) is 3.98. The SMILES string of the molecule is Cc1cccc(N(CC(=O)N(Cc2c(Cl)cccc2Cl)[C@H](Cc2ccccc2)C(=O)NC2CCCC2)S(=O)(=O)c2ccccc2)c1C. The summed E-state index contributed by atoms with van der Waals surface area (Å²) in [7, 11) is -4.20. The van der Waals surface area contributed by atoms with Gasteiger partial charge in [-0.25, -0.2) is 8.42 Å². The summed E-state index contributed by atoms with van der Waals surface area (Å²) < 4.78 is 29.7. The predicted octanol–water partition coefficient (Wildman–Crippen LogP) is 7.50. The summed E-state index contributed by atoms with van der Waals surface area (Å²) in [4.78, 5) is 30.4. The number of anilines is 1. The van der Waals surface area contributed by atoms with Crippen LogP contribution in [0.5, 0.6) is 0 Å². The second-order valence-corrected chi connectivity index (χ2v) is 14.6. The van der Waals surface area contributed by atoms with Gasteiger partial charge in [-0.2, -0.15) is 0 Å². The molecular formula is C37H39Cl2N3O4S. The number of hydrogen-bond donors (Lipinski definition) is 1. The average Bonchev–Trinajstić information content (AvgIpc) is 3.58. The highest BCUT2D eigenvalue weighted by molar-refractivity contribution is 7.92. The Bertz CT molecular complexity index is 1790. The van der Waals surface area contributed by atoms with Crippen LogP contribution in [0.2, 0.25) is 10.0 Å². The number of halogens is 2. The van der Waals surface area contributed by atoms with Crippen molar-refractivity contribution in [3.63, 3.8) is 0 Å². The summed E-state index contributed by atoms with van der Waals surface area (Å²) in [5.74, 6) is -0.870. The van der Waals surface area contributed by atoms with Crippen molar-refractivity contribution in [2.45, 2.75) is 69.5 Å². The van der Waals surface area contributed by atoms with Gasteiger partial charge in [-0.05, 0) is 73.7 Å². The minimum Gasteiger partial charge on any atom is -0.352 e. The van der Waals surface area contributed by atoms with Crippen LogP contribution in [0.3, 0.4) is 0 Å². The van der Waals surface area contributed by atoms with Gasteiger partial charge in [0, 0.05) is 34.6 Å². The molecule has 5 rings (SSSR count). The molecule has 4 aromatic rings. The van der Waals surface area contributed by atoms with Gasteiger partial charge in [-0.15, -0.1) is 0 Å². The van der Waals surface area contributed by atoms with E-state index in [0.717, 1.165) is 46.7 Å². The number of carbonyl (C=O) groups is 2.